The first kappa shape index (κ1) is 23.4. The molecule has 3 aliphatic rings. The van der Waals surface area contributed by atoms with E-state index in [1.165, 1.54) is 24.0 Å². The van der Waals surface area contributed by atoms with Gasteiger partial charge in [0.05, 0.1) is 7.11 Å². The zero-order chi connectivity index (χ0) is 23.8. The predicted molar refractivity (Wildman–Crippen MR) is 132 cm³/mol. The van der Waals surface area contributed by atoms with Crippen LogP contribution in [0.2, 0.25) is 0 Å². The van der Waals surface area contributed by atoms with Gasteiger partial charge in [-0.15, -0.1) is 0 Å². The molecule has 0 spiro atoms. The van der Waals surface area contributed by atoms with Crippen LogP contribution in [0.4, 0.5) is 0 Å². The van der Waals surface area contributed by atoms with E-state index in [9.17, 15) is 4.79 Å². The van der Waals surface area contributed by atoms with E-state index in [1.807, 2.05) is 12.2 Å². The van der Waals surface area contributed by atoms with Crippen LogP contribution in [0.15, 0.2) is 47.6 Å². The summed E-state index contributed by atoms with van der Waals surface area (Å²) < 4.78 is 5.91. The Hall–Kier alpha value is -2.77. The number of aliphatic carboxylic acids is 1. The van der Waals surface area contributed by atoms with Gasteiger partial charge < -0.3 is 9.84 Å². The molecule has 4 nitrogen and oxygen atoms in total. The molecule has 1 fully saturated rings. The highest BCUT2D eigenvalue weighted by atomic mass is 16.5. The molecule has 0 saturated heterocycles. The summed E-state index contributed by atoms with van der Waals surface area (Å²) in [5.41, 5.74) is 5.11. The molecule has 0 aliphatic heterocycles. The van der Waals surface area contributed by atoms with Gasteiger partial charge in [0.25, 0.3) is 0 Å². The normalized spacial score (nSPS) is 23.9. The SMILES string of the molecule is COc1cc(C#CC2=CCC(C=C(C)C(=O)O)C=C2)cc2c1C(N(C)C1CC1)CCC2(C)C. The number of rotatable bonds is 5. The van der Waals surface area contributed by atoms with Crippen LogP contribution in [0.5, 0.6) is 5.75 Å². The third-order valence-corrected chi connectivity index (χ3v) is 7.37. The second kappa shape index (κ2) is 9.23. The molecule has 0 heterocycles. The smallest absolute Gasteiger partial charge is 0.330 e. The minimum absolute atomic E-state index is 0.0900. The molecule has 3 aliphatic carbocycles. The molecule has 0 bridgehead atoms. The number of carboxylic acids is 1. The van der Waals surface area contributed by atoms with Crippen LogP contribution in [0.25, 0.3) is 0 Å². The van der Waals surface area contributed by atoms with E-state index in [0.717, 1.165) is 36.1 Å². The Labute approximate surface area is 198 Å². The Morgan fingerprint density at radius 2 is 2.00 bits per heavy atom. The first-order valence-electron chi connectivity index (χ1n) is 12.0. The molecule has 0 aromatic heterocycles. The zero-order valence-electron chi connectivity index (χ0n) is 20.4. The fraction of sp³-hybridized carbons (Fsp3) is 0.483. The molecule has 33 heavy (non-hydrogen) atoms. The second-order valence-electron chi connectivity index (χ2n) is 10.3. The van der Waals surface area contributed by atoms with Gasteiger partial charge in [0, 0.05) is 34.4 Å². The molecule has 4 rings (SSSR count). The maximum Gasteiger partial charge on any atom is 0.330 e. The molecule has 4 heteroatoms. The van der Waals surface area contributed by atoms with Crippen molar-refractivity contribution >= 4 is 5.97 Å². The molecule has 1 aromatic rings. The molecule has 0 radical (unpaired) electrons. The summed E-state index contributed by atoms with van der Waals surface area (Å²) in [5.74, 6) is 6.85. The van der Waals surface area contributed by atoms with E-state index >= 15 is 0 Å². The first-order valence-corrected chi connectivity index (χ1v) is 12.0. The van der Waals surface area contributed by atoms with Crippen molar-refractivity contribution in [3.8, 4) is 17.6 Å². The van der Waals surface area contributed by atoms with Crippen LogP contribution in [0, 0.1) is 17.8 Å². The highest BCUT2D eigenvalue weighted by Crippen LogP contribution is 2.49. The third-order valence-electron chi connectivity index (χ3n) is 7.37. The predicted octanol–water partition coefficient (Wildman–Crippen LogP) is 5.79. The average molecular weight is 446 g/mol. The lowest BCUT2D eigenvalue weighted by molar-refractivity contribution is -0.132. The summed E-state index contributed by atoms with van der Waals surface area (Å²) in [7, 11) is 4.03. The van der Waals surface area contributed by atoms with Crippen LogP contribution in [-0.4, -0.2) is 36.2 Å². The van der Waals surface area contributed by atoms with Gasteiger partial charge in [-0.25, -0.2) is 4.79 Å². The van der Waals surface area contributed by atoms with E-state index in [0.29, 0.717) is 17.7 Å². The minimum Gasteiger partial charge on any atom is -0.496 e. The van der Waals surface area contributed by atoms with Crippen molar-refractivity contribution in [2.24, 2.45) is 5.92 Å². The monoisotopic (exact) mass is 445 g/mol. The summed E-state index contributed by atoms with van der Waals surface area (Å²) in [6, 6.07) is 5.47. The van der Waals surface area contributed by atoms with Gasteiger partial charge in [-0.05, 0) is 75.1 Å². The number of allylic oxidation sites excluding steroid dienone is 5. The highest BCUT2D eigenvalue weighted by molar-refractivity contribution is 5.85. The molecule has 0 amide bonds. The maximum absolute atomic E-state index is 11.0. The van der Waals surface area contributed by atoms with Gasteiger partial charge in [0.1, 0.15) is 5.75 Å². The Morgan fingerprint density at radius 3 is 2.61 bits per heavy atom. The Balaban J connectivity index is 1.61. The van der Waals surface area contributed by atoms with Crippen LogP contribution >= 0.6 is 0 Å². The molecular weight excluding hydrogens is 410 g/mol. The largest absolute Gasteiger partial charge is 0.496 e. The number of hydrogen-bond donors (Lipinski definition) is 1. The maximum atomic E-state index is 11.0. The van der Waals surface area contributed by atoms with Gasteiger partial charge in [-0.2, -0.15) is 0 Å². The van der Waals surface area contributed by atoms with Crippen molar-refractivity contribution in [1.82, 2.24) is 4.90 Å². The third kappa shape index (κ3) is 5.09. The molecular formula is C29H35NO3. The summed E-state index contributed by atoms with van der Waals surface area (Å²) in [5, 5.41) is 9.07. The van der Waals surface area contributed by atoms with Crippen molar-refractivity contribution < 1.29 is 14.6 Å². The van der Waals surface area contributed by atoms with Gasteiger partial charge in [0.2, 0.25) is 0 Å². The fourth-order valence-corrected chi connectivity index (χ4v) is 5.08. The number of hydrogen-bond acceptors (Lipinski definition) is 3. The van der Waals surface area contributed by atoms with E-state index in [2.05, 4.69) is 55.8 Å². The fourth-order valence-electron chi connectivity index (χ4n) is 5.08. The minimum atomic E-state index is -0.868. The lowest BCUT2D eigenvalue weighted by atomic mass is 9.70. The summed E-state index contributed by atoms with van der Waals surface area (Å²) >= 11 is 0. The van der Waals surface area contributed by atoms with E-state index in [4.69, 9.17) is 9.84 Å². The van der Waals surface area contributed by atoms with Gasteiger partial charge in [-0.1, -0.05) is 50.0 Å². The van der Waals surface area contributed by atoms with E-state index in [-0.39, 0.29) is 11.3 Å². The number of benzene rings is 1. The molecule has 1 N–H and O–H groups in total. The lowest BCUT2D eigenvalue weighted by Gasteiger charge is -2.41. The van der Waals surface area contributed by atoms with Gasteiger partial charge in [0.15, 0.2) is 0 Å². The number of ether oxygens (including phenoxy) is 1. The topological polar surface area (TPSA) is 49.8 Å². The summed E-state index contributed by atoms with van der Waals surface area (Å²) in [6.45, 7) is 6.29. The Morgan fingerprint density at radius 1 is 1.24 bits per heavy atom. The van der Waals surface area contributed by atoms with E-state index in [1.54, 1.807) is 20.1 Å². The Bertz CT molecular complexity index is 1090. The van der Waals surface area contributed by atoms with Gasteiger partial charge >= 0.3 is 5.97 Å². The number of nitrogens with zero attached hydrogens (tertiary/aromatic N) is 1. The molecule has 1 saturated carbocycles. The van der Waals surface area contributed by atoms with Crippen LogP contribution in [0.1, 0.15) is 75.6 Å². The van der Waals surface area contributed by atoms with Crippen LogP contribution in [0.3, 0.4) is 0 Å². The molecule has 174 valence electrons. The van der Waals surface area contributed by atoms with Crippen molar-refractivity contribution in [1.29, 1.82) is 0 Å². The lowest BCUT2D eigenvalue weighted by Crippen LogP contribution is -2.35. The Kier molecular flexibility index (Phi) is 6.54. The standard InChI is InChI=1S/C29H35NO3/c1-19(28(31)32)16-21-9-6-20(7-10-21)8-11-22-17-24-27(26(18-22)33-5)25(14-15-29(24,2)3)30(4)23-12-13-23/h6-7,9,16-18,21,23,25H,10,12-15H2,1-5H3,(H,31,32). The van der Waals surface area contributed by atoms with Crippen molar-refractivity contribution in [3.05, 3.63) is 64.3 Å². The number of methoxy groups -OCH3 is 1. The quantitative estimate of drug-likeness (QED) is 0.461. The van der Waals surface area contributed by atoms with Crippen molar-refractivity contribution in [2.45, 2.75) is 70.4 Å². The molecule has 2 unspecified atom stereocenters. The van der Waals surface area contributed by atoms with Gasteiger partial charge in [-0.3, -0.25) is 4.90 Å². The first-order chi connectivity index (χ1) is 15.7. The summed E-state index contributed by atoms with van der Waals surface area (Å²) in [4.78, 5) is 13.6. The second-order valence-corrected chi connectivity index (χ2v) is 10.3. The summed E-state index contributed by atoms with van der Waals surface area (Å²) in [6.07, 6.45) is 13.6. The molecule has 2 atom stereocenters. The number of fused-ring (bicyclic) bond motifs is 1. The van der Waals surface area contributed by atoms with Crippen molar-refractivity contribution in [2.75, 3.05) is 14.2 Å². The average Bonchev–Trinajstić information content (AvgIpc) is 3.63. The molecule has 1 aromatic carbocycles. The van der Waals surface area contributed by atoms with Crippen molar-refractivity contribution in [3.63, 3.8) is 0 Å². The number of carboxylic acid groups (broad SMARTS) is 1. The zero-order valence-corrected chi connectivity index (χ0v) is 20.4. The van der Waals surface area contributed by atoms with Crippen LogP contribution < -0.4 is 4.74 Å². The van der Waals surface area contributed by atoms with Crippen LogP contribution in [-0.2, 0) is 10.2 Å². The van der Waals surface area contributed by atoms with E-state index < -0.39 is 5.97 Å². The highest BCUT2D eigenvalue weighted by Gasteiger charge is 2.40. The number of carbonyl (C=O) groups is 1.